The molecule has 0 radical (unpaired) electrons. The summed E-state index contributed by atoms with van der Waals surface area (Å²) in [5.41, 5.74) is 1.14. The first-order chi connectivity index (χ1) is 12.2. The highest BCUT2D eigenvalue weighted by Crippen LogP contribution is 2.29. The Morgan fingerprint density at radius 2 is 1.96 bits per heavy atom. The van der Waals surface area contributed by atoms with E-state index < -0.39 is 6.41 Å². The summed E-state index contributed by atoms with van der Waals surface area (Å²) in [4.78, 5) is 5.09. The fraction of sp³-hybridized carbons (Fsp3) is 0.500. The number of hydrogen-bond donors (Lipinski definition) is 1. The van der Waals surface area contributed by atoms with E-state index in [2.05, 4.69) is 10.2 Å². The lowest BCUT2D eigenvalue weighted by Gasteiger charge is -2.30. The van der Waals surface area contributed by atoms with E-state index in [1.54, 1.807) is 29.4 Å². The minimum absolute atomic E-state index is 0.274. The Hall–Kier alpha value is -2.23. The number of nitrogens with zero attached hydrogens (tertiary/aromatic N) is 5. The van der Waals surface area contributed by atoms with E-state index in [0.29, 0.717) is 50.8 Å². The standard InChI is InChI=1S/C16H20FN5O3/c17-14-9-12(1-2-15(14)20-5-7-24-8-6-20)21-10-13(25-16(21)23)11-22-18-3-4-19-22/h1-4,9,13,16,23H,5-8,10-11H2/t13-,16?/m1/s1. The van der Waals surface area contributed by atoms with Gasteiger partial charge >= 0.3 is 0 Å². The van der Waals surface area contributed by atoms with Gasteiger partial charge in [0.15, 0.2) is 0 Å². The second-order valence-corrected chi connectivity index (χ2v) is 6.06. The van der Waals surface area contributed by atoms with E-state index in [4.69, 9.17) is 9.47 Å². The zero-order chi connectivity index (χ0) is 17.2. The van der Waals surface area contributed by atoms with Gasteiger partial charge in [-0.05, 0) is 18.2 Å². The van der Waals surface area contributed by atoms with Crippen LogP contribution in [-0.4, -0.2) is 65.5 Å². The molecule has 9 heteroatoms. The Balaban J connectivity index is 1.46. The van der Waals surface area contributed by atoms with Crippen molar-refractivity contribution < 1.29 is 19.0 Å². The monoisotopic (exact) mass is 349 g/mol. The van der Waals surface area contributed by atoms with Crippen molar-refractivity contribution >= 4 is 11.4 Å². The summed E-state index contributed by atoms with van der Waals surface area (Å²) < 4.78 is 25.4. The molecule has 1 unspecified atom stereocenters. The van der Waals surface area contributed by atoms with Crippen molar-refractivity contribution in [3.63, 3.8) is 0 Å². The van der Waals surface area contributed by atoms with Gasteiger partial charge in [-0.1, -0.05) is 0 Å². The van der Waals surface area contributed by atoms with Gasteiger partial charge in [-0.15, -0.1) is 0 Å². The highest BCUT2D eigenvalue weighted by Gasteiger charge is 2.32. The van der Waals surface area contributed by atoms with Crippen LogP contribution in [0.2, 0.25) is 0 Å². The molecule has 1 N–H and O–H groups in total. The molecular weight excluding hydrogens is 329 g/mol. The second-order valence-electron chi connectivity index (χ2n) is 6.06. The number of halogens is 1. The fourth-order valence-electron chi connectivity index (χ4n) is 3.19. The molecule has 4 rings (SSSR count). The summed E-state index contributed by atoms with van der Waals surface area (Å²) in [6, 6.07) is 4.98. The molecule has 1 aromatic heterocycles. The molecule has 25 heavy (non-hydrogen) atoms. The van der Waals surface area contributed by atoms with Gasteiger partial charge in [0.1, 0.15) is 11.9 Å². The van der Waals surface area contributed by atoms with Crippen LogP contribution < -0.4 is 9.80 Å². The number of aliphatic hydroxyl groups excluding tert-OH is 1. The lowest BCUT2D eigenvalue weighted by molar-refractivity contribution is -0.0931. The zero-order valence-electron chi connectivity index (χ0n) is 13.7. The van der Waals surface area contributed by atoms with Gasteiger partial charge < -0.3 is 24.4 Å². The molecule has 0 aliphatic carbocycles. The van der Waals surface area contributed by atoms with Crippen LogP contribution in [0.5, 0.6) is 0 Å². The summed E-state index contributed by atoms with van der Waals surface area (Å²) in [6.45, 7) is 3.40. The summed E-state index contributed by atoms with van der Waals surface area (Å²) >= 11 is 0. The van der Waals surface area contributed by atoms with Crippen molar-refractivity contribution in [2.24, 2.45) is 0 Å². The average Bonchev–Trinajstić information content (AvgIpc) is 3.25. The maximum absolute atomic E-state index is 14.6. The van der Waals surface area contributed by atoms with Crippen molar-refractivity contribution in [2.45, 2.75) is 19.1 Å². The van der Waals surface area contributed by atoms with Crippen LogP contribution in [0.25, 0.3) is 0 Å². The number of aliphatic hydroxyl groups is 1. The molecule has 0 amide bonds. The Morgan fingerprint density at radius 3 is 2.68 bits per heavy atom. The van der Waals surface area contributed by atoms with Gasteiger partial charge in [0.25, 0.3) is 0 Å². The normalized spacial score (nSPS) is 24.1. The predicted octanol–water partition coefficient (Wildman–Crippen LogP) is 0.435. The summed E-state index contributed by atoms with van der Waals surface area (Å²) in [5, 5.41) is 18.2. The topological polar surface area (TPSA) is 75.9 Å². The lowest BCUT2D eigenvalue weighted by atomic mass is 10.2. The van der Waals surface area contributed by atoms with Gasteiger partial charge in [-0.3, -0.25) is 0 Å². The first-order valence-corrected chi connectivity index (χ1v) is 8.27. The van der Waals surface area contributed by atoms with Crippen LogP contribution in [0.4, 0.5) is 15.8 Å². The second kappa shape index (κ2) is 6.95. The summed E-state index contributed by atoms with van der Waals surface area (Å²) in [6.07, 6.45) is 1.78. The zero-order valence-corrected chi connectivity index (χ0v) is 13.7. The van der Waals surface area contributed by atoms with E-state index in [0.717, 1.165) is 0 Å². The van der Waals surface area contributed by atoms with Gasteiger partial charge in [0.05, 0.1) is 44.4 Å². The van der Waals surface area contributed by atoms with Crippen molar-refractivity contribution in [3.05, 3.63) is 36.4 Å². The number of hydrogen-bond acceptors (Lipinski definition) is 7. The maximum atomic E-state index is 14.6. The molecule has 0 spiro atoms. The highest BCUT2D eigenvalue weighted by molar-refractivity contribution is 5.58. The largest absolute Gasteiger partial charge is 0.378 e. The number of anilines is 2. The number of ether oxygens (including phenoxy) is 2. The summed E-state index contributed by atoms with van der Waals surface area (Å²) in [5.74, 6) is -0.316. The molecule has 0 bridgehead atoms. The molecule has 1 aromatic carbocycles. The van der Waals surface area contributed by atoms with Crippen LogP contribution >= 0.6 is 0 Å². The van der Waals surface area contributed by atoms with Crippen LogP contribution in [0.15, 0.2) is 30.6 Å². The first-order valence-electron chi connectivity index (χ1n) is 8.27. The number of rotatable bonds is 4. The smallest absolute Gasteiger partial charge is 0.238 e. The average molecular weight is 349 g/mol. The SMILES string of the molecule is OC1O[C@@H](Cn2nccn2)CN1c1ccc(N2CCOCC2)c(F)c1. The third kappa shape index (κ3) is 3.44. The lowest BCUT2D eigenvalue weighted by Crippen LogP contribution is -2.37. The molecule has 2 atom stereocenters. The number of benzene rings is 1. The molecule has 2 aromatic rings. The van der Waals surface area contributed by atoms with Crippen molar-refractivity contribution in [2.75, 3.05) is 42.6 Å². The number of aromatic nitrogens is 3. The molecule has 2 aliphatic heterocycles. The highest BCUT2D eigenvalue weighted by atomic mass is 19.1. The minimum Gasteiger partial charge on any atom is -0.378 e. The van der Waals surface area contributed by atoms with Gasteiger partial charge in [0, 0.05) is 18.8 Å². The van der Waals surface area contributed by atoms with E-state index in [1.165, 1.54) is 10.9 Å². The molecule has 8 nitrogen and oxygen atoms in total. The van der Waals surface area contributed by atoms with E-state index in [9.17, 15) is 9.50 Å². The molecule has 134 valence electrons. The van der Waals surface area contributed by atoms with Gasteiger partial charge in [-0.2, -0.15) is 15.0 Å². The fourth-order valence-corrected chi connectivity index (χ4v) is 3.19. The Kier molecular flexibility index (Phi) is 4.51. The molecule has 2 fully saturated rings. The van der Waals surface area contributed by atoms with Crippen LogP contribution in [-0.2, 0) is 16.0 Å². The summed E-state index contributed by atoms with van der Waals surface area (Å²) in [7, 11) is 0. The van der Waals surface area contributed by atoms with Crippen LogP contribution in [0.3, 0.4) is 0 Å². The minimum atomic E-state index is -1.12. The molecular formula is C16H20FN5O3. The predicted molar refractivity (Wildman–Crippen MR) is 87.7 cm³/mol. The van der Waals surface area contributed by atoms with E-state index in [-0.39, 0.29) is 11.9 Å². The Morgan fingerprint density at radius 1 is 1.20 bits per heavy atom. The van der Waals surface area contributed by atoms with Crippen molar-refractivity contribution in [3.8, 4) is 0 Å². The third-order valence-electron chi connectivity index (χ3n) is 4.43. The molecule has 3 heterocycles. The van der Waals surface area contributed by atoms with Gasteiger partial charge in [0.2, 0.25) is 6.41 Å². The van der Waals surface area contributed by atoms with E-state index >= 15 is 0 Å². The molecule has 2 saturated heterocycles. The Labute approximate surface area is 144 Å². The molecule has 2 aliphatic rings. The Bertz CT molecular complexity index is 708. The third-order valence-corrected chi connectivity index (χ3v) is 4.43. The quantitative estimate of drug-likeness (QED) is 0.858. The number of morpholine rings is 1. The van der Waals surface area contributed by atoms with Crippen molar-refractivity contribution in [1.29, 1.82) is 0 Å². The van der Waals surface area contributed by atoms with Gasteiger partial charge in [-0.25, -0.2) is 4.39 Å². The van der Waals surface area contributed by atoms with Crippen LogP contribution in [0, 0.1) is 5.82 Å². The van der Waals surface area contributed by atoms with Crippen molar-refractivity contribution in [1.82, 2.24) is 15.0 Å². The maximum Gasteiger partial charge on any atom is 0.238 e. The van der Waals surface area contributed by atoms with Crippen LogP contribution in [0.1, 0.15) is 0 Å². The first kappa shape index (κ1) is 16.2. The molecule has 0 saturated carbocycles. The van der Waals surface area contributed by atoms with E-state index in [1.807, 2.05) is 4.90 Å².